The predicted molar refractivity (Wildman–Crippen MR) is 134 cm³/mol. The van der Waals surface area contributed by atoms with Gasteiger partial charge in [0.25, 0.3) is 5.91 Å². The van der Waals surface area contributed by atoms with Crippen LogP contribution in [0.2, 0.25) is 0 Å². The van der Waals surface area contributed by atoms with Crippen LogP contribution in [0.3, 0.4) is 0 Å². The molecule has 0 atom stereocenters. The van der Waals surface area contributed by atoms with Gasteiger partial charge in [0.05, 0.1) is 11.4 Å². The Morgan fingerprint density at radius 3 is 2.37 bits per heavy atom. The second-order valence-corrected chi connectivity index (χ2v) is 8.22. The summed E-state index contributed by atoms with van der Waals surface area (Å²) in [7, 11) is 0. The van der Waals surface area contributed by atoms with Crippen LogP contribution in [0.1, 0.15) is 23.2 Å². The van der Waals surface area contributed by atoms with Crippen LogP contribution >= 0.6 is 0 Å². The molecule has 0 aliphatic carbocycles. The summed E-state index contributed by atoms with van der Waals surface area (Å²) >= 11 is 0. The van der Waals surface area contributed by atoms with E-state index in [-0.39, 0.29) is 0 Å². The van der Waals surface area contributed by atoms with E-state index in [9.17, 15) is 9.59 Å². The first-order valence-electron chi connectivity index (χ1n) is 11.6. The molecule has 8 heteroatoms. The molecule has 1 N–H and O–H groups in total. The quantitative estimate of drug-likeness (QED) is 0.407. The minimum Gasteiger partial charge on any atom is -0.452 e. The monoisotopic (exact) mass is 467 g/mol. The number of carbonyl (C=O) groups excluding carboxylic acids is 2. The smallest absolute Gasteiger partial charge is 0.342 e. The number of hydrogen-bond donors (Lipinski definition) is 1. The number of aromatic nitrogens is 3. The number of para-hydroxylation sites is 1. The highest BCUT2D eigenvalue weighted by atomic mass is 16.5. The Labute approximate surface area is 203 Å². The second-order valence-electron chi connectivity index (χ2n) is 8.22. The van der Waals surface area contributed by atoms with Gasteiger partial charge < -0.3 is 15.0 Å². The van der Waals surface area contributed by atoms with Gasteiger partial charge in [-0.05, 0) is 37.1 Å². The Balaban J connectivity index is 1.31. The van der Waals surface area contributed by atoms with Gasteiger partial charge in [-0.25, -0.2) is 14.5 Å². The van der Waals surface area contributed by atoms with Gasteiger partial charge in [-0.2, -0.15) is 5.10 Å². The van der Waals surface area contributed by atoms with Crippen molar-refractivity contribution in [2.45, 2.75) is 12.8 Å². The summed E-state index contributed by atoms with van der Waals surface area (Å²) in [6.07, 6.45) is 3.78. The molecule has 3 heterocycles. The summed E-state index contributed by atoms with van der Waals surface area (Å²) in [6.45, 7) is 1.28. The standard InChI is InChI=1S/C27H25N5O3/c33-25(19-35-27(34)22-14-9-15-28-26(22)31-16-7-8-17-31)29-24-18-23(20-10-3-1-4-11-20)30-32(24)21-12-5-2-6-13-21/h1-6,9-15,18H,7-8,16-17,19H2,(H,29,33). The summed E-state index contributed by atoms with van der Waals surface area (Å²) in [5.41, 5.74) is 2.80. The minimum atomic E-state index is -0.573. The molecule has 1 fully saturated rings. The number of esters is 1. The van der Waals surface area contributed by atoms with E-state index in [0.29, 0.717) is 22.9 Å². The van der Waals surface area contributed by atoms with Crippen molar-refractivity contribution in [1.29, 1.82) is 0 Å². The average Bonchev–Trinajstić information content (AvgIpc) is 3.59. The van der Waals surface area contributed by atoms with Crippen LogP contribution in [0.4, 0.5) is 11.6 Å². The molecule has 0 unspecified atom stereocenters. The topological polar surface area (TPSA) is 89.3 Å². The van der Waals surface area contributed by atoms with Crippen LogP contribution in [-0.2, 0) is 9.53 Å². The van der Waals surface area contributed by atoms with Crippen molar-refractivity contribution in [3.8, 4) is 16.9 Å². The molecule has 2 aromatic carbocycles. The number of benzene rings is 2. The summed E-state index contributed by atoms with van der Waals surface area (Å²) in [6, 6.07) is 24.4. The third-order valence-corrected chi connectivity index (χ3v) is 5.79. The van der Waals surface area contributed by atoms with Gasteiger partial charge in [-0.3, -0.25) is 4.79 Å². The normalized spacial score (nSPS) is 13.0. The number of amides is 1. The van der Waals surface area contributed by atoms with E-state index >= 15 is 0 Å². The van der Waals surface area contributed by atoms with Crippen LogP contribution in [0.15, 0.2) is 85.1 Å². The fourth-order valence-electron chi connectivity index (χ4n) is 4.11. The SMILES string of the molecule is O=C(COC(=O)c1cccnc1N1CCCC1)Nc1cc(-c2ccccc2)nn1-c1ccccc1. The lowest BCUT2D eigenvalue weighted by atomic mass is 10.2. The van der Waals surface area contributed by atoms with Gasteiger partial charge in [0, 0.05) is 30.9 Å². The van der Waals surface area contributed by atoms with Crippen molar-refractivity contribution >= 4 is 23.5 Å². The molecule has 176 valence electrons. The average molecular weight is 468 g/mol. The molecule has 1 saturated heterocycles. The van der Waals surface area contributed by atoms with Crippen molar-refractivity contribution in [3.63, 3.8) is 0 Å². The molecule has 0 bridgehead atoms. The zero-order chi connectivity index (χ0) is 24.0. The fourth-order valence-corrected chi connectivity index (χ4v) is 4.11. The van der Waals surface area contributed by atoms with Gasteiger partial charge in [0.2, 0.25) is 0 Å². The number of nitrogens with zero attached hydrogens (tertiary/aromatic N) is 4. The van der Waals surface area contributed by atoms with E-state index in [2.05, 4.69) is 20.3 Å². The van der Waals surface area contributed by atoms with Gasteiger partial charge >= 0.3 is 5.97 Å². The Bertz CT molecular complexity index is 1320. The van der Waals surface area contributed by atoms with Gasteiger partial charge in [0.15, 0.2) is 6.61 Å². The highest BCUT2D eigenvalue weighted by molar-refractivity contribution is 5.98. The van der Waals surface area contributed by atoms with Crippen molar-refractivity contribution in [2.75, 3.05) is 29.9 Å². The van der Waals surface area contributed by atoms with Crippen LogP contribution in [0.5, 0.6) is 0 Å². The molecule has 1 amide bonds. The number of rotatable bonds is 7. The molecule has 1 aliphatic heterocycles. The molecule has 8 nitrogen and oxygen atoms in total. The minimum absolute atomic E-state index is 0.364. The molecule has 0 radical (unpaired) electrons. The Morgan fingerprint density at radius 2 is 1.63 bits per heavy atom. The largest absolute Gasteiger partial charge is 0.452 e. The van der Waals surface area contributed by atoms with Gasteiger partial charge in [-0.1, -0.05) is 48.5 Å². The number of hydrogen-bond acceptors (Lipinski definition) is 6. The molecular weight excluding hydrogens is 442 g/mol. The van der Waals surface area contributed by atoms with Crippen LogP contribution in [0, 0.1) is 0 Å². The number of ether oxygens (including phenoxy) is 1. The Morgan fingerprint density at radius 1 is 0.914 bits per heavy atom. The first-order chi connectivity index (χ1) is 17.2. The predicted octanol–water partition coefficient (Wildman–Crippen LogP) is 4.33. The highest BCUT2D eigenvalue weighted by Gasteiger charge is 2.22. The molecule has 0 saturated carbocycles. The number of anilines is 2. The van der Waals surface area contributed by atoms with E-state index in [4.69, 9.17) is 4.74 Å². The van der Waals surface area contributed by atoms with Crippen molar-refractivity contribution in [3.05, 3.63) is 90.6 Å². The summed E-state index contributed by atoms with van der Waals surface area (Å²) in [4.78, 5) is 32.0. The third-order valence-electron chi connectivity index (χ3n) is 5.79. The van der Waals surface area contributed by atoms with Crippen molar-refractivity contribution in [2.24, 2.45) is 0 Å². The van der Waals surface area contributed by atoms with E-state index in [1.807, 2.05) is 60.7 Å². The molecule has 4 aromatic rings. The zero-order valence-corrected chi connectivity index (χ0v) is 19.1. The van der Waals surface area contributed by atoms with Crippen molar-refractivity contribution in [1.82, 2.24) is 14.8 Å². The lowest BCUT2D eigenvalue weighted by Gasteiger charge is -2.18. The second kappa shape index (κ2) is 10.2. The molecule has 35 heavy (non-hydrogen) atoms. The van der Waals surface area contributed by atoms with Crippen LogP contribution in [0.25, 0.3) is 16.9 Å². The van der Waals surface area contributed by atoms with E-state index in [1.54, 1.807) is 29.1 Å². The maximum atomic E-state index is 12.8. The lowest BCUT2D eigenvalue weighted by Crippen LogP contribution is -2.25. The third kappa shape index (κ3) is 5.06. The zero-order valence-electron chi connectivity index (χ0n) is 19.1. The maximum absolute atomic E-state index is 12.8. The molecule has 2 aromatic heterocycles. The summed E-state index contributed by atoms with van der Waals surface area (Å²) in [5.74, 6) is 0.0543. The first-order valence-corrected chi connectivity index (χ1v) is 11.6. The van der Waals surface area contributed by atoms with E-state index in [0.717, 1.165) is 37.2 Å². The van der Waals surface area contributed by atoms with E-state index < -0.39 is 18.5 Å². The molecule has 0 spiro atoms. The summed E-state index contributed by atoms with van der Waals surface area (Å²) in [5, 5.41) is 7.52. The van der Waals surface area contributed by atoms with Crippen LogP contribution in [-0.4, -0.2) is 46.3 Å². The maximum Gasteiger partial charge on any atom is 0.342 e. The first kappa shape index (κ1) is 22.3. The molecule has 5 rings (SSSR count). The van der Waals surface area contributed by atoms with Gasteiger partial charge in [-0.15, -0.1) is 0 Å². The number of pyridine rings is 1. The Kier molecular flexibility index (Phi) is 6.52. The number of nitrogens with one attached hydrogen (secondary N) is 1. The van der Waals surface area contributed by atoms with Crippen LogP contribution < -0.4 is 10.2 Å². The lowest BCUT2D eigenvalue weighted by molar-refractivity contribution is -0.119. The molecule has 1 aliphatic rings. The van der Waals surface area contributed by atoms with Crippen molar-refractivity contribution < 1.29 is 14.3 Å². The van der Waals surface area contributed by atoms with E-state index in [1.165, 1.54) is 0 Å². The molecular formula is C27H25N5O3. The Hall–Kier alpha value is -4.46. The highest BCUT2D eigenvalue weighted by Crippen LogP contribution is 2.25. The van der Waals surface area contributed by atoms with Gasteiger partial charge in [0.1, 0.15) is 17.2 Å². The summed E-state index contributed by atoms with van der Waals surface area (Å²) < 4.78 is 7.01. The fraction of sp³-hybridized carbons (Fsp3) is 0.185. The number of carbonyl (C=O) groups is 2.